The number of fused-ring (bicyclic) bond motifs is 1. The van der Waals surface area contributed by atoms with Crippen LogP contribution < -0.4 is 5.32 Å². The van der Waals surface area contributed by atoms with Crippen molar-refractivity contribution in [3.05, 3.63) is 52.1 Å². The zero-order valence-electron chi connectivity index (χ0n) is 19.8. The largest absolute Gasteiger partial charge is 0.394 e. The number of anilines is 1. The Morgan fingerprint density at radius 3 is 2.89 bits per heavy atom. The fourth-order valence-corrected chi connectivity index (χ4v) is 4.05. The molecule has 0 aliphatic carbocycles. The summed E-state index contributed by atoms with van der Waals surface area (Å²) in [7, 11) is 0. The first-order valence-corrected chi connectivity index (χ1v) is 11.4. The van der Waals surface area contributed by atoms with Gasteiger partial charge in [0.1, 0.15) is 24.4 Å². The lowest BCUT2D eigenvalue weighted by atomic mass is 10.0. The minimum Gasteiger partial charge on any atom is -0.394 e. The second-order valence-electron chi connectivity index (χ2n) is 8.56. The van der Waals surface area contributed by atoms with Crippen LogP contribution in [0.5, 0.6) is 0 Å². The topological polar surface area (TPSA) is 166 Å². The molecule has 36 heavy (non-hydrogen) atoms. The van der Waals surface area contributed by atoms with E-state index in [0.717, 1.165) is 0 Å². The smallest absolute Gasteiger partial charge is 0.275 e. The molecule has 0 amide bonds. The maximum atomic E-state index is 11.8. The van der Waals surface area contributed by atoms with Crippen molar-refractivity contribution in [2.75, 3.05) is 11.9 Å². The highest BCUT2D eigenvalue weighted by Gasteiger charge is 2.35. The molecular formula is C24H26N6O6. The van der Waals surface area contributed by atoms with E-state index in [1.807, 2.05) is 0 Å². The molecule has 1 aliphatic rings. The highest BCUT2D eigenvalue weighted by atomic mass is 16.6. The SMILES string of the molecule is CC(=O)CCC#Cc1ccc(C(C)Nc2ncnc3c2ncn3[C@H]2CC(O)[C@@H](CO)O2)c([N+](=O)[O-])c1. The number of hydrogen-bond acceptors (Lipinski definition) is 10. The van der Waals surface area contributed by atoms with Crippen LogP contribution in [-0.4, -0.2) is 59.3 Å². The van der Waals surface area contributed by atoms with Crippen molar-refractivity contribution in [2.45, 2.75) is 57.6 Å². The van der Waals surface area contributed by atoms with E-state index >= 15 is 0 Å². The molecule has 2 unspecified atom stereocenters. The number of nitro groups is 1. The van der Waals surface area contributed by atoms with Crippen LogP contribution in [0.25, 0.3) is 11.2 Å². The molecule has 12 nitrogen and oxygen atoms in total. The van der Waals surface area contributed by atoms with Gasteiger partial charge in [0.05, 0.1) is 35.6 Å². The number of aliphatic hydroxyl groups is 2. The monoisotopic (exact) mass is 494 g/mol. The van der Waals surface area contributed by atoms with Crippen LogP contribution in [0.3, 0.4) is 0 Å². The molecule has 0 radical (unpaired) electrons. The van der Waals surface area contributed by atoms with Gasteiger partial charge < -0.3 is 20.3 Å². The summed E-state index contributed by atoms with van der Waals surface area (Å²) in [5.41, 5.74) is 1.73. The number of hydrogen-bond donors (Lipinski definition) is 3. The molecule has 188 valence electrons. The van der Waals surface area contributed by atoms with Crippen molar-refractivity contribution >= 4 is 28.5 Å². The van der Waals surface area contributed by atoms with E-state index in [0.29, 0.717) is 41.0 Å². The molecule has 3 aromatic rings. The van der Waals surface area contributed by atoms with Gasteiger partial charge in [0.25, 0.3) is 5.69 Å². The third kappa shape index (κ3) is 5.33. The van der Waals surface area contributed by atoms with Gasteiger partial charge in [0, 0.05) is 30.9 Å². The van der Waals surface area contributed by atoms with Crippen molar-refractivity contribution < 1.29 is 24.7 Å². The van der Waals surface area contributed by atoms with Gasteiger partial charge >= 0.3 is 0 Å². The van der Waals surface area contributed by atoms with Crippen LogP contribution in [0.15, 0.2) is 30.9 Å². The lowest BCUT2D eigenvalue weighted by Gasteiger charge is -2.16. The molecular weight excluding hydrogens is 468 g/mol. The number of aliphatic hydroxyl groups excluding tert-OH is 2. The average molecular weight is 495 g/mol. The number of ketones is 1. The predicted octanol–water partition coefficient (Wildman–Crippen LogP) is 2.27. The van der Waals surface area contributed by atoms with Gasteiger partial charge in [-0.1, -0.05) is 11.8 Å². The Bertz CT molecular complexity index is 1350. The van der Waals surface area contributed by atoms with Crippen LogP contribution in [0.2, 0.25) is 0 Å². The highest BCUT2D eigenvalue weighted by molar-refractivity contribution is 5.83. The normalized spacial score (nSPS) is 20.1. The Hall–Kier alpha value is -3.92. The average Bonchev–Trinajstić information content (AvgIpc) is 3.45. The molecule has 1 saturated heterocycles. The third-order valence-corrected chi connectivity index (χ3v) is 5.93. The molecule has 0 bridgehead atoms. The van der Waals surface area contributed by atoms with Crippen molar-refractivity contribution in [2.24, 2.45) is 0 Å². The number of ether oxygens (including phenoxy) is 1. The van der Waals surface area contributed by atoms with Crippen LogP contribution in [0, 0.1) is 22.0 Å². The lowest BCUT2D eigenvalue weighted by molar-refractivity contribution is -0.385. The summed E-state index contributed by atoms with van der Waals surface area (Å²) < 4.78 is 7.37. The summed E-state index contributed by atoms with van der Waals surface area (Å²) in [6.07, 6.45) is 1.83. The summed E-state index contributed by atoms with van der Waals surface area (Å²) in [5.74, 6) is 6.15. The van der Waals surface area contributed by atoms with Crippen molar-refractivity contribution in [3.8, 4) is 11.8 Å². The first-order valence-electron chi connectivity index (χ1n) is 11.4. The first-order chi connectivity index (χ1) is 17.3. The van der Waals surface area contributed by atoms with Gasteiger partial charge in [-0.25, -0.2) is 15.0 Å². The van der Waals surface area contributed by atoms with Gasteiger partial charge in [-0.15, -0.1) is 0 Å². The molecule has 2 aromatic heterocycles. The number of rotatable bonds is 8. The predicted molar refractivity (Wildman–Crippen MR) is 129 cm³/mol. The minimum absolute atomic E-state index is 0.0388. The standard InChI is InChI=1S/C24H26N6O6/c1-14(32)5-3-4-6-16-7-8-17(18(9-16)30(34)35)15(2)28-23-22-24(26-12-25-23)29(13-27-22)21-10-19(33)20(11-31)36-21/h7-9,12-13,15,19-21,31,33H,3,5,10-11H2,1-2H3,(H,25,26,28)/t15?,19?,20-,21-/m1/s1. The maximum absolute atomic E-state index is 11.8. The molecule has 3 N–H and O–H groups in total. The zero-order chi connectivity index (χ0) is 25.8. The number of aromatic nitrogens is 4. The van der Waals surface area contributed by atoms with E-state index < -0.39 is 29.4 Å². The molecule has 0 saturated carbocycles. The minimum atomic E-state index is -0.806. The number of Topliss-reactive ketones (excluding diaryl/α,β-unsaturated/α-hetero) is 1. The molecule has 4 rings (SSSR count). The number of carbonyl (C=O) groups is 1. The third-order valence-electron chi connectivity index (χ3n) is 5.93. The van der Waals surface area contributed by atoms with Crippen LogP contribution in [0.4, 0.5) is 11.5 Å². The molecule has 12 heteroatoms. The maximum Gasteiger partial charge on any atom is 0.275 e. The van der Waals surface area contributed by atoms with Crippen molar-refractivity contribution in [1.82, 2.24) is 19.5 Å². The second-order valence-corrected chi connectivity index (χ2v) is 8.56. The molecule has 1 aliphatic heterocycles. The van der Waals surface area contributed by atoms with E-state index in [1.165, 1.54) is 25.6 Å². The second kappa shape index (κ2) is 10.8. The van der Waals surface area contributed by atoms with Crippen LogP contribution in [0.1, 0.15) is 56.5 Å². The van der Waals surface area contributed by atoms with Gasteiger partial charge in [-0.3, -0.25) is 19.5 Å². The van der Waals surface area contributed by atoms with Crippen LogP contribution in [-0.2, 0) is 9.53 Å². The van der Waals surface area contributed by atoms with Crippen molar-refractivity contribution in [1.29, 1.82) is 0 Å². The Kier molecular flexibility index (Phi) is 7.54. The highest BCUT2D eigenvalue weighted by Crippen LogP contribution is 2.33. The Morgan fingerprint density at radius 1 is 1.39 bits per heavy atom. The van der Waals surface area contributed by atoms with Gasteiger partial charge in [0.15, 0.2) is 17.0 Å². The number of nitrogens with zero attached hydrogens (tertiary/aromatic N) is 5. The van der Waals surface area contributed by atoms with E-state index in [4.69, 9.17) is 4.74 Å². The van der Waals surface area contributed by atoms with Gasteiger partial charge in [0.2, 0.25) is 0 Å². The summed E-state index contributed by atoms with van der Waals surface area (Å²) in [6, 6.07) is 4.26. The number of carbonyl (C=O) groups excluding carboxylic acids is 1. The molecule has 1 aromatic carbocycles. The molecule has 1 fully saturated rings. The van der Waals surface area contributed by atoms with Crippen molar-refractivity contribution in [3.63, 3.8) is 0 Å². The fraction of sp³-hybridized carbons (Fsp3) is 0.417. The van der Waals surface area contributed by atoms with E-state index in [1.54, 1.807) is 23.6 Å². The lowest BCUT2D eigenvalue weighted by Crippen LogP contribution is -2.24. The number of nitrogens with one attached hydrogen (secondary N) is 1. The Labute approximate surface area is 206 Å². The molecule has 4 atom stereocenters. The fourth-order valence-electron chi connectivity index (χ4n) is 4.05. The molecule has 3 heterocycles. The quantitative estimate of drug-likeness (QED) is 0.240. The summed E-state index contributed by atoms with van der Waals surface area (Å²) in [6.45, 7) is 2.96. The summed E-state index contributed by atoms with van der Waals surface area (Å²) in [5, 5.41) is 34.4. The number of nitro benzene ring substituents is 1. The van der Waals surface area contributed by atoms with E-state index in [-0.39, 0.29) is 24.5 Å². The van der Waals surface area contributed by atoms with Gasteiger partial charge in [-0.05, 0) is 26.0 Å². The van der Waals surface area contributed by atoms with E-state index in [9.17, 15) is 25.1 Å². The number of benzene rings is 1. The Balaban J connectivity index is 1.57. The zero-order valence-corrected chi connectivity index (χ0v) is 19.8. The van der Waals surface area contributed by atoms with Gasteiger partial charge in [-0.2, -0.15) is 0 Å². The Morgan fingerprint density at radius 2 is 2.19 bits per heavy atom. The first kappa shape index (κ1) is 25.2. The van der Waals surface area contributed by atoms with E-state index in [2.05, 4.69) is 32.1 Å². The number of imidazole rings is 1. The molecule has 0 spiro atoms. The summed E-state index contributed by atoms with van der Waals surface area (Å²) in [4.78, 5) is 35.3. The summed E-state index contributed by atoms with van der Waals surface area (Å²) >= 11 is 0. The van der Waals surface area contributed by atoms with Crippen LogP contribution >= 0.6 is 0 Å².